The molecule has 180 valence electrons. The minimum atomic E-state index is -4.47. The van der Waals surface area contributed by atoms with E-state index < -0.39 is 12.7 Å². The van der Waals surface area contributed by atoms with E-state index >= 15 is 0 Å². The third-order valence-corrected chi connectivity index (χ3v) is 6.45. The third-order valence-electron chi connectivity index (χ3n) is 6.21. The van der Waals surface area contributed by atoms with Gasteiger partial charge < -0.3 is 15.0 Å². The first-order valence-corrected chi connectivity index (χ1v) is 11.4. The van der Waals surface area contributed by atoms with E-state index in [-0.39, 0.29) is 23.8 Å². The van der Waals surface area contributed by atoms with Crippen molar-refractivity contribution in [3.63, 3.8) is 0 Å². The number of halogens is 4. The average Bonchev–Trinajstić information content (AvgIpc) is 3.21. The molecule has 2 aliphatic rings. The Bertz CT molecular complexity index is 1160. The summed E-state index contributed by atoms with van der Waals surface area (Å²) in [7, 11) is 0. The van der Waals surface area contributed by atoms with Gasteiger partial charge in [0.2, 0.25) is 5.95 Å². The number of hydrogen-bond donors (Lipinski definition) is 1. The van der Waals surface area contributed by atoms with Gasteiger partial charge in [0.25, 0.3) is 0 Å². The van der Waals surface area contributed by atoms with Crippen LogP contribution in [0.1, 0.15) is 18.5 Å². The molecule has 0 amide bonds. The van der Waals surface area contributed by atoms with Crippen LogP contribution in [-0.4, -0.2) is 50.0 Å². The molecule has 34 heavy (non-hydrogen) atoms. The summed E-state index contributed by atoms with van der Waals surface area (Å²) < 4.78 is 45.8. The van der Waals surface area contributed by atoms with E-state index in [1.165, 1.54) is 6.07 Å². The SMILES string of the molecule is Cc1cc(N2C[C@H]3CC[C@@H](C2)C3Nc2nc(Oc3cccc(Cl)c3)n(CC(F)(F)F)n2)ncn1. The van der Waals surface area contributed by atoms with E-state index in [4.69, 9.17) is 16.3 Å². The van der Waals surface area contributed by atoms with Gasteiger partial charge in [-0.2, -0.15) is 18.2 Å². The van der Waals surface area contributed by atoms with Crippen molar-refractivity contribution in [1.29, 1.82) is 0 Å². The van der Waals surface area contributed by atoms with Gasteiger partial charge in [0.1, 0.15) is 24.4 Å². The van der Waals surface area contributed by atoms with Crippen LogP contribution in [0.5, 0.6) is 11.8 Å². The van der Waals surface area contributed by atoms with Crippen LogP contribution in [0, 0.1) is 18.8 Å². The molecular weight excluding hydrogens is 471 g/mol. The minimum absolute atomic E-state index is 0.0555. The molecule has 12 heteroatoms. The molecule has 3 heterocycles. The second kappa shape index (κ2) is 8.94. The molecule has 0 spiro atoms. The van der Waals surface area contributed by atoms with Gasteiger partial charge in [-0.05, 0) is 49.8 Å². The molecule has 5 rings (SSSR count). The molecule has 1 saturated carbocycles. The van der Waals surface area contributed by atoms with Crippen molar-refractivity contribution >= 4 is 23.4 Å². The van der Waals surface area contributed by atoms with Crippen molar-refractivity contribution in [2.24, 2.45) is 11.8 Å². The summed E-state index contributed by atoms with van der Waals surface area (Å²) in [5, 5.41) is 7.77. The quantitative estimate of drug-likeness (QED) is 0.532. The maximum atomic E-state index is 13.2. The number of nitrogens with one attached hydrogen (secondary N) is 1. The number of aryl methyl sites for hydroxylation is 1. The van der Waals surface area contributed by atoms with Crippen LogP contribution in [0.4, 0.5) is 24.9 Å². The average molecular weight is 494 g/mol. The van der Waals surface area contributed by atoms with Crippen LogP contribution >= 0.6 is 11.6 Å². The highest BCUT2D eigenvalue weighted by atomic mass is 35.5. The molecule has 2 fully saturated rings. The highest BCUT2D eigenvalue weighted by molar-refractivity contribution is 6.30. The first-order chi connectivity index (χ1) is 16.2. The summed E-state index contributed by atoms with van der Waals surface area (Å²) in [5.41, 5.74) is 0.907. The molecule has 1 N–H and O–H groups in total. The van der Waals surface area contributed by atoms with Crippen LogP contribution in [0.15, 0.2) is 36.7 Å². The minimum Gasteiger partial charge on any atom is -0.424 e. The zero-order chi connectivity index (χ0) is 23.9. The van der Waals surface area contributed by atoms with E-state index in [9.17, 15) is 13.2 Å². The first-order valence-electron chi connectivity index (χ1n) is 11.0. The Balaban J connectivity index is 1.34. The number of fused-ring (bicyclic) bond motifs is 2. The lowest BCUT2D eigenvalue weighted by Gasteiger charge is -2.38. The van der Waals surface area contributed by atoms with Crippen LogP contribution in [0.25, 0.3) is 0 Å². The van der Waals surface area contributed by atoms with Gasteiger partial charge in [-0.15, -0.1) is 5.10 Å². The van der Waals surface area contributed by atoms with Gasteiger partial charge in [-0.3, -0.25) is 0 Å². The Labute approximate surface area is 199 Å². The summed E-state index contributed by atoms with van der Waals surface area (Å²) in [6, 6.07) is 8.16. The van der Waals surface area contributed by atoms with Crippen LogP contribution in [-0.2, 0) is 6.54 Å². The molecule has 8 nitrogen and oxygen atoms in total. The summed E-state index contributed by atoms with van der Waals surface area (Å²) in [4.78, 5) is 15.0. The summed E-state index contributed by atoms with van der Waals surface area (Å²) in [6.45, 7) is 2.20. The fraction of sp³-hybridized carbons (Fsp3) is 0.455. The maximum absolute atomic E-state index is 13.2. The van der Waals surface area contributed by atoms with Gasteiger partial charge in [-0.1, -0.05) is 17.7 Å². The van der Waals surface area contributed by atoms with Crippen molar-refractivity contribution in [3.8, 4) is 11.8 Å². The summed E-state index contributed by atoms with van der Waals surface area (Å²) in [6.07, 6.45) is -0.886. The molecule has 0 radical (unpaired) electrons. The lowest BCUT2D eigenvalue weighted by Crippen LogP contribution is -2.48. The summed E-state index contributed by atoms with van der Waals surface area (Å²) >= 11 is 5.97. The molecule has 1 aliphatic heterocycles. The van der Waals surface area contributed by atoms with Gasteiger partial charge in [0.05, 0.1) is 0 Å². The number of rotatable bonds is 6. The van der Waals surface area contributed by atoms with Crippen LogP contribution < -0.4 is 15.0 Å². The molecule has 3 aromatic rings. The van der Waals surface area contributed by atoms with E-state index in [0.717, 1.165) is 42.1 Å². The molecule has 1 unspecified atom stereocenters. The fourth-order valence-corrected chi connectivity index (χ4v) is 4.96. The number of piperidine rings is 1. The van der Waals surface area contributed by atoms with Gasteiger partial charge >= 0.3 is 12.2 Å². The van der Waals surface area contributed by atoms with Crippen LogP contribution in [0.2, 0.25) is 5.02 Å². The molecular formula is C22H23ClF3N7O. The van der Waals surface area contributed by atoms with Gasteiger partial charge in [-0.25, -0.2) is 14.6 Å². The Morgan fingerprint density at radius 1 is 1.15 bits per heavy atom. The van der Waals surface area contributed by atoms with E-state index in [1.54, 1.807) is 24.5 Å². The Kier molecular flexibility index (Phi) is 5.97. The number of hydrogen-bond acceptors (Lipinski definition) is 7. The number of alkyl halides is 3. The molecule has 1 saturated heterocycles. The number of nitrogens with zero attached hydrogens (tertiary/aromatic N) is 6. The Morgan fingerprint density at radius 2 is 1.91 bits per heavy atom. The predicted molar refractivity (Wildman–Crippen MR) is 120 cm³/mol. The Morgan fingerprint density at radius 3 is 2.59 bits per heavy atom. The lowest BCUT2D eigenvalue weighted by molar-refractivity contribution is -0.143. The van der Waals surface area contributed by atoms with Crippen molar-refractivity contribution in [3.05, 3.63) is 47.4 Å². The van der Waals surface area contributed by atoms with E-state index in [1.807, 2.05) is 13.0 Å². The smallest absolute Gasteiger partial charge is 0.408 e. The van der Waals surface area contributed by atoms with Crippen molar-refractivity contribution < 1.29 is 17.9 Å². The highest BCUT2D eigenvalue weighted by Crippen LogP contribution is 2.40. The summed E-state index contributed by atoms with van der Waals surface area (Å²) in [5.74, 6) is 1.88. The first kappa shape index (κ1) is 22.7. The number of aromatic nitrogens is 5. The lowest BCUT2D eigenvalue weighted by atomic mass is 9.92. The third kappa shape index (κ3) is 5.03. The Hall–Kier alpha value is -3.08. The zero-order valence-electron chi connectivity index (χ0n) is 18.3. The molecule has 2 bridgehead atoms. The van der Waals surface area contributed by atoms with Crippen molar-refractivity contribution in [1.82, 2.24) is 24.7 Å². The molecule has 3 atom stereocenters. The van der Waals surface area contributed by atoms with Crippen LogP contribution in [0.3, 0.4) is 0 Å². The van der Waals surface area contributed by atoms with Gasteiger partial charge in [0.15, 0.2) is 0 Å². The van der Waals surface area contributed by atoms with E-state index in [0.29, 0.717) is 16.9 Å². The molecule has 1 aliphatic carbocycles. The molecule has 2 aromatic heterocycles. The van der Waals surface area contributed by atoms with E-state index in [2.05, 4.69) is 30.3 Å². The number of ether oxygens (including phenoxy) is 1. The topological polar surface area (TPSA) is 81.0 Å². The predicted octanol–water partition coefficient (Wildman–Crippen LogP) is 4.71. The zero-order valence-corrected chi connectivity index (χ0v) is 19.1. The normalized spacial score (nSPS) is 22.1. The van der Waals surface area contributed by atoms with Crippen molar-refractivity contribution in [2.45, 2.75) is 38.5 Å². The second-order valence-electron chi connectivity index (χ2n) is 8.74. The fourth-order valence-electron chi connectivity index (χ4n) is 4.78. The van der Waals surface area contributed by atoms with Crippen molar-refractivity contribution in [2.75, 3.05) is 23.3 Å². The number of anilines is 2. The molecule has 1 aromatic carbocycles. The highest BCUT2D eigenvalue weighted by Gasteiger charge is 2.43. The number of benzene rings is 1. The maximum Gasteiger partial charge on any atom is 0.408 e. The largest absolute Gasteiger partial charge is 0.424 e. The van der Waals surface area contributed by atoms with Gasteiger partial charge in [0, 0.05) is 35.9 Å². The monoisotopic (exact) mass is 493 g/mol. The standard InChI is InChI=1S/C22H23ClF3N7O/c1-13-7-18(28-12-27-13)32-9-14-5-6-15(10-32)19(14)29-20-30-21(33(31-20)11-22(24,25)26)34-17-4-2-3-16(23)8-17/h2-4,7-8,12,14-15,19H,5-6,9-11H2,1H3,(H,29,31)/t14-,15+,19?. The second-order valence-corrected chi connectivity index (χ2v) is 9.18.